The Balaban J connectivity index is 0.00000225. The Bertz CT molecular complexity index is 663. The van der Waals surface area contributed by atoms with E-state index in [9.17, 15) is 4.79 Å². The monoisotopic (exact) mass is 362 g/mol. The van der Waals surface area contributed by atoms with Gasteiger partial charge >= 0.3 is 0 Å². The van der Waals surface area contributed by atoms with Crippen LogP contribution < -0.4 is 20.1 Å². The van der Waals surface area contributed by atoms with Gasteiger partial charge in [0.2, 0.25) is 0 Å². The molecule has 6 heteroatoms. The van der Waals surface area contributed by atoms with Gasteiger partial charge in [-0.2, -0.15) is 0 Å². The Kier molecular flexibility index (Phi) is 7.57. The molecule has 2 aromatic rings. The third kappa shape index (κ3) is 5.96. The van der Waals surface area contributed by atoms with Gasteiger partial charge in [-0.3, -0.25) is 4.79 Å². The molecule has 0 atom stereocenters. The minimum atomic E-state index is -0.111. The van der Waals surface area contributed by atoms with Crippen LogP contribution in [0.15, 0.2) is 54.6 Å². The zero-order valence-corrected chi connectivity index (χ0v) is 14.8. The molecular weight excluding hydrogens is 340 g/mol. The summed E-state index contributed by atoms with van der Waals surface area (Å²) in [4.78, 5) is 11.9. The van der Waals surface area contributed by atoms with E-state index in [1.54, 1.807) is 0 Å². The predicted molar refractivity (Wildman–Crippen MR) is 99.3 cm³/mol. The lowest BCUT2D eigenvalue weighted by molar-refractivity contribution is -0.123. The second kappa shape index (κ2) is 9.91. The van der Waals surface area contributed by atoms with Crippen molar-refractivity contribution in [3.8, 4) is 11.5 Å². The van der Waals surface area contributed by atoms with Crippen molar-refractivity contribution in [2.24, 2.45) is 5.92 Å². The lowest BCUT2D eigenvalue weighted by atomic mass is 10.0. The van der Waals surface area contributed by atoms with E-state index in [2.05, 4.69) is 10.6 Å². The molecule has 0 aliphatic carbocycles. The number of amides is 1. The molecule has 0 bridgehead atoms. The number of carbonyl (C=O) groups excluding carboxylic acids is 1. The van der Waals surface area contributed by atoms with Crippen LogP contribution >= 0.6 is 12.4 Å². The van der Waals surface area contributed by atoms with Gasteiger partial charge in [0.25, 0.3) is 5.91 Å². The third-order valence-corrected chi connectivity index (χ3v) is 3.90. The SMILES string of the molecule is Cl.O=C(COc1ccccc1OCc1ccccc1)NCC1CNC1. The second-order valence-corrected chi connectivity index (χ2v) is 5.84. The van der Waals surface area contributed by atoms with Crippen LogP contribution in [-0.2, 0) is 11.4 Å². The molecule has 0 radical (unpaired) electrons. The van der Waals surface area contributed by atoms with Crippen molar-refractivity contribution in [1.29, 1.82) is 0 Å². The fourth-order valence-corrected chi connectivity index (χ4v) is 2.37. The number of halogens is 1. The Morgan fingerprint density at radius 3 is 2.28 bits per heavy atom. The quantitative estimate of drug-likeness (QED) is 0.757. The zero-order valence-electron chi connectivity index (χ0n) is 13.9. The van der Waals surface area contributed by atoms with Crippen molar-refractivity contribution in [1.82, 2.24) is 10.6 Å². The lowest BCUT2D eigenvalue weighted by Gasteiger charge is -2.27. The molecular formula is C19H23ClN2O3. The first-order valence-corrected chi connectivity index (χ1v) is 8.17. The molecule has 1 fully saturated rings. The van der Waals surface area contributed by atoms with Crippen LogP contribution in [0.1, 0.15) is 5.56 Å². The number of hydrogen-bond donors (Lipinski definition) is 2. The Hall–Kier alpha value is -2.24. The van der Waals surface area contributed by atoms with Crippen LogP contribution in [0.25, 0.3) is 0 Å². The normalized spacial score (nSPS) is 13.3. The highest BCUT2D eigenvalue weighted by atomic mass is 35.5. The molecule has 1 amide bonds. The summed E-state index contributed by atoms with van der Waals surface area (Å²) in [6.45, 7) is 3.09. The van der Waals surface area contributed by atoms with Crippen LogP contribution in [0.5, 0.6) is 11.5 Å². The molecule has 0 aromatic heterocycles. The van der Waals surface area contributed by atoms with Gasteiger partial charge in [-0.25, -0.2) is 0 Å². The van der Waals surface area contributed by atoms with Gasteiger partial charge in [-0.15, -0.1) is 12.4 Å². The van der Waals surface area contributed by atoms with E-state index in [0.29, 0.717) is 30.6 Å². The van der Waals surface area contributed by atoms with Gasteiger partial charge in [0.1, 0.15) is 6.61 Å². The predicted octanol–water partition coefficient (Wildman–Crippen LogP) is 2.40. The standard InChI is InChI=1S/C19H22N2O3.ClH/c22-19(21-12-16-10-20-11-16)14-24-18-9-5-4-8-17(18)23-13-15-6-2-1-3-7-15;/h1-9,16,20H,10-14H2,(H,21,22);1H. The largest absolute Gasteiger partial charge is 0.485 e. The van der Waals surface area contributed by atoms with Gasteiger partial charge in [0.05, 0.1) is 0 Å². The maximum atomic E-state index is 11.9. The van der Waals surface area contributed by atoms with E-state index in [1.807, 2.05) is 54.6 Å². The molecule has 1 heterocycles. The number of rotatable bonds is 8. The van der Waals surface area contributed by atoms with Crippen LogP contribution in [0.3, 0.4) is 0 Å². The van der Waals surface area contributed by atoms with Crippen molar-refractivity contribution in [2.75, 3.05) is 26.2 Å². The summed E-state index contributed by atoms with van der Waals surface area (Å²) in [6, 6.07) is 17.3. The first kappa shape index (κ1) is 19.1. The number of carbonyl (C=O) groups is 1. The number of nitrogens with one attached hydrogen (secondary N) is 2. The summed E-state index contributed by atoms with van der Waals surface area (Å²) in [7, 11) is 0. The minimum absolute atomic E-state index is 0. The molecule has 5 nitrogen and oxygen atoms in total. The molecule has 3 rings (SSSR count). The van der Waals surface area contributed by atoms with E-state index < -0.39 is 0 Å². The highest BCUT2D eigenvalue weighted by molar-refractivity contribution is 5.85. The first-order valence-electron chi connectivity index (χ1n) is 8.17. The summed E-state index contributed by atoms with van der Waals surface area (Å²) in [5, 5.41) is 6.07. The summed E-state index contributed by atoms with van der Waals surface area (Å²) in [5.74, 6) is 1.64. The van der Waals surface area contributed by atoms with Crippen molar-refractivity contribution < 1.29 is 14.3 Å². The van der Waals surface area contributed by atoms with E-state index in [1.165, 1.54) is 0 Å². The molecule has 134 valence electrons. The van der Waals surface area contributed by atoms with Crippen molar-refractivity contribution in [3.63, 3.8) is 0 Å². The van der Waals surface area contributed by atoms with E-state index in [4.69, 9.17) is 9.47 Å². The van der Waals surface area contributed by atoms with Gasteiger partial charge < -0.3 is 20.1 Å². The number of hydrogen-bond acceptors (Lipinski definition) is 4. The summed E-state index contributed by atoms with van der Waals surface area (Å²) in [6.07, 6.45) is 0. The van der Waals surface area contributed by atoms with Crippen LogP contribution in [0, 0.1) is 5.92 Å². The molecule has 0 spiro atoms. The Morgan fingerprint density at radius 1 is 1.00 bits per heavy atom. The molecule has 1 aliphatic rings. The van der Waals surface area contributed by atoms with Gasteiger partial charge in [-0.05, 0) is 17.7 Å². The van der Waals surface area contributed by atoms with Gasteiger partial charge in [0.15, 0.2) is 18.1 Å². The van der Waals surface area contributed by atoms with Crippen molar-refractivity contribution >= 4 is 18.3 Å². The first-order chi connectivity index (χ1) is 11.8. The van der Waals surface area contributed by atoms with Crippen LogP contribution in [0.2, 0.25) is 0 Å². The lowest BCUT2D eigenvalue weighted by Crippen LogP contribution is -2.48. The van der Waals surface area contributed by atoms with Gasteiger partial charge in [0, 0.05) is 25.6 Å². The van der Waals surface area contributed by atoms with Gasteiger partial charge in [-0.1, -0.05) is 42.5 Å². The fourth-order valence-electron chi connectivity index (χ4n) is 2.37. The maximum absolute atomic E-state index is 11.9. The topological polar surface area (TPSA) is 59.6 Å². The minimum Gasteiger partial charge on any atom is -0.485 e. The molecule has 0 saturated carbocycles. The van der Waals surface area contributed by atoms with E-state index in [-0.39, 0.29) is 24.9 Å². The van der Waals surface area contributed by atoms with Crippen LogP contribution in [-0.4, -0.2) is 32.1 Å². The molecule has 2 N–H and O–H groups in total. The average molecular weight is 363 g/mol. The van der Waals surface area contributed by atoms with E-state index in [0.717, 1.165) is 18.7 Å². The summed E-state index contributed by atoms with van der Waals surface area (Å²) < 4.78 is 11.4. The second-order valence-electron chi connectivity index (χ2n) is 5.84. The van der Waals surface area contributed by atoms with Crippen molar-refractivity contribution in [3.05, 3.63) is 60.2 Å². The smallest absolute Gasteiger partial charge is 0.257 e. The highest BCUT2D eigenvalue weighted by Crippen LogP contribution is 2.27. The van der Waals surface area contributed by atoms with Crippen molar-refractivity contribution in [2.45, 2.75) is 6.61 Å². The van der Waals surface area contributed by atoms with Crippen LogP contribution in [0.4, 0.5) is 0 Å². The Morgan fingerprint density at radius 2 is 1.64 bits per heavy atom. The molecule has 1 saturated heterocycles. The molecule has 25 heavy (non-hydrogen) atoms. The fraction of sp³-hybridized carbons (Fsp3) is 0.316. The zero-order chi connectivity index (χ0) is 16.6. The van der Waals surface area contributed by atoms with E-state index >= 15 is 0 Å². The summed E-state index contributed by atoms with van der Waals surface area (Å²) in [5.41, 5.74) is 1.08. The number of para-hydroxylation sites is 2. The summed E-state index contributed by atoms with van der Waals surface area (Å²) >= 11 is 0. The molecule has 2 aromatic carbocycles. The third-order valence-electron chi connectivity index (χ3n) is 3.90. The Labute approximate surface area is 154 Å². The number of ether oxygens (including phenoxy) is 2. The maximum Gasteiger partial charge on any atom is 0.257 e. The molecule has 0 unspecified atom stereocenters. The highest BCUT2D eigenvalue weighted by Gasteiger charge is 2.17. The number of benzene rings is 2. The molecule has 1 aliphatic heterocycles. The average Bonchev–Trinajstić information content (AvgIpc) is 2.58.